The van der Waals surface area contributed by atoms with Crippen LogP contribution in [0.3, 0.4) is 0 Å². The van der Waals surface area contributed by atoms with E-state index < -0.39 is 0 Å². The van der Waals surface area contributed by atoms with Crippen LogP contribution in [-0.2, 0) is 18.4 Å². The SMILES string of the molecule is C[C@@H]1[C@@H]2Cc3ccc(O)cc3[C@]1(C)CCN2Cc1ccc(F)cc1. The summed E-state index contributed by atoms with van der Waals surface area (Å²) in [7, 11) is 0. The lowest BCUT2D eigenvalue weighted by Crippen LogP contribution is -2.57. The molecule has 0 radical (unpaired) electrons. The van der Waals surface area contributed by atoms with Gasteiger partial charge in [-0.25, -0.2) is 4.39 Å². The number of halogens is 1. The van der Waals surface area contributed by atoms with Gasteiger partial charge in [0.05, 0.1) is 0 Å². The Kier molecular flexibility index (Phi) is 3.65. The summed E-state index contributed by atoms with van der Waals surface area (Å²) < 4.78 is 13.1. The molecule has 1 N–H and O–H groups in total. The minimum Gasteiger partial charge on any atom is -0.508 e. The van der Waals surface area contributed by atoms with Crippen molar-refractivity contribution in [2.45, 2.75) is 44.7 Å². The summed E-state index contributed by atoms with van der Waals surface area (Å²) in [5, 5.41) is 9.91. The zero-order chi connectivity index (χ0) is 16.9. The number of aromatic hydroxyl groups is 1. The molecule has 2 aromatic rings. The fourth-order valence-electron chi connectivity index (χ4n) is 4.72. The second-order valence-corrected chi connectivity index (χ2v) is 7.67. The molecule has 1 saturated heterocycles. The van der Waals surface area contributed by atoms with Crippen LogP contribution in [0.1, 0.15) is 37.0 Å². The molecular weight excluding hydrogens is 301 g/mol. The van der Waals surface area contributed by atoms with Crippen molar-refractivity contribution in [2.24, 2.45) is 5.92 Å². The topological polar surface area (TPSA) is 23.5 Å². The summed E-state index contributed by atoms with van der Waals surface area (Å²) in [4.78, 5) is 2.55. The van der Waals surface area contributed by atoms with Gasteiger partial charge in [-0.05, 0) is 71.7 Å². The van der Waals surface area contributed by atoms with E-state index in [1.165, 1.54) is 16.7 Å². The molecule has 0 spiro atoms. The zero-order valence-electron chi connectivity index (χ0n) is 14.3. The highest BCUT2D eigenvalue weighted by atomic mass is 19.1. The smallest absolute Gasteiger partial charge is 0.123 e. The number of nitrogens with zero attached hydrogens (tertiary/aromatic N) is 1. The Bertz CT molecular complexity index is 757. The number of piperidine rings is 1. The van der Waals surface area contributed by atoms with Crippen molar-refractivity contribution in [3.05, 3.63) is 65.0 Å². The van der Waals surface area contributed by atoms with Crippen LogP contribution in [0.5, 0.6) is 5.75 Å². The summed E-state index contributed by atoms with van der Waals surface area (Å²) in [6.07, 6.45) is 2.11. The molecule has 0 amide bonds. The maximum absolute atomic E-state index is 13.1. The van der Waals surface area contributed by atoms with Crippen molar-refractivity contribution in [3.8, 4) is 5.75 Å². The zero-order valence-corrected chi connectivity index (χ0v) is 14.3. The van der Waals surface area contributed by atoms with Crippen molar-refractivity contribution in [1.29, 1.82) is 0 Å². The Morgan fingerprint density at radius 2 is 1.96 bits per heavy atom. The number of fused-ring (bicyclic) bond motifs is 4. The molecule has 2 nitrogen and oxygen atoms in total. The Morgan fingerprint density at radius 3 is 2.71 bits per heavy atom. The van der Waals surface area contributed by atoms with E-state index in [9.17, 15) is 9.50 Å². The van der Waals surface area contributed by atoms with Crippen molar-refractivity contribution < 1.29 is 9.50 Å². The second kappa shape index (κ2) is 5.59. The fraction of sp³-hybridized carbons (Fsp3) is 0.429. The summed E-state index contributed by atoms with van der Waals surface area (Å²) in [5.74, 6) is 0.722. The lowest BCUT2D eigenvalue weighted by atomic mass is 9.59. The van der Waals surface area contributed by atoms with Crippen LogP contribution in [0.4, 0.5) is 4.39 Å². The largest absolute Gasteiger partial charge is 0.508 e. The molecule has 1 aliphatic carbocycles. The molecule has 3 heteroatoms. The van der Waals surface area contributed by atoms with Gasteiger partial charge in [-0.3, -0.25) is 4.90 Å². The van der Waals surface area contributed by atoms with E-state index >= 15 is 0 Å². The standard InChI is InChI=1S/C21H24FNO/c1-14-20-11-16-5-8-18(24)12-19(16)21(14,2)9-10-23(20)13-15-3-6-17(22)7-4-15/h3-8,12,14,20,24H,9-11,13H2,1-2H3/t14-,20+,21-/m1/s1. The van der Waals surface area contributed by atoms with Crippen LogP contribution in [0.15, 0.2) is 42.5 Å². The molecule has 0 unspecified atom stereocenters. The van der Waals surface area contributed by atoms with Gasteiger partial charge in [-0.2, -0.15) is 0 Å². The third kappa shape index (κ3) is 2.42. The van der Waals surface area contributed by atoms with Gasteiger partial charge < -0.3 is 5.11 Å². The van der Waals surface area contributed by atoms with E-state index in [0.29, 0.717) is 17.7 Å². The molecule has 0 aromatic heterocycles. The molecule has 0 saturated carbocycles. The van der Waals surface area contributed by atoms with Crippen molar-refractivity contribution in [3.63, 3.8) is 0 Å². The molecule has 126 valence electrons. The predicted molar refractivity (Wildman–Crippen MR) is 93.5 cm³/mol. The van der Waals surface area contributed by atoms with Gasteiger partial charge in [0.1, 0.15) is 11.6 Å². The van der Waals surface area contributed by atoms with Gasteiger partial charge in [0, 0.05) is 12.6 Å². The quantitative estimate of drug-likeness (QED) is 0.892. The van der Waals surface area contributed by atoms with E-state index in [2.05, 4.69) is 24.8 Å². The maximum Gasteiger partial charge on any atom is 0.123 e. The molecule has 2 aliphatic rings. The Morgan fingerprint density at radius 1 is 1.21 bits per heavy atom. The minimum absolute atomic E-state index is 0.121. The molecule has 2 bridgehead atoms. The highest BCUT2D eigenvalue weighted by Gasteiger charge is 2.48. The Hall–Kier alpha value is -1.87. The van der Waals surface area contributed by atoms with Crippen molar-refractivity contribution in [1.82, 2.24) is 4.90 Å². The highest BCUT2D eigenvalue weighted by molar-refractivity contribution is 5.44. The van der Waals surface area contributed by atoms with Crippen LogP contribution in [0.2, 0.25) is 0 Å². The minimum atomic E-state index is -0.176. The van der Waals surface area contributed by atoms with Crippen LogP contribution in [-0.4, -0.2) is 22.6 Å². The van der Waals surface area contributed by atoms with Crippen molar-refractivity contribution in [2.75, 3.05) is 6.54 Å². The summed E-state index contributed by atoms with van der Waals surface area (Å²) in [6, 6.07) is 13.2. The van der Waals surface area contributed by atoms with E-state index in [1.54, 1.807) is 18.2 Å². The number of phenols is 1. The van der Waals surface area contributed by atoms with Gasteiger partial charge in [-0.15, -0.1) is 0 Å². The van der Waals surface area contributed by atoms with Gasteiger partial charge in [-0.1, -0.05) is 32.0 Å². The third-order valence-electron chi connectivity index (χ3n) is 6.41. The lowest BCUT2D eigenvalue weighted by Gasteiger charge is -2.54. The van der Waals surface area contributed by atoms with Gasteiger partial charge in [0.15, 0.2) is 0 Å². The van der Waals surface area contributed by atoms with Crippen molar-refractivity contribution >= 4 is 0 Å². The normalized spacial score (nSPS) is 29.3. The number of benzene rings is 2. The maximum atomic E-state index is 13.1. The van der Waals surface area contributed by atoms with Gasteiger partial charge >= 0.3 is 0 Å². The summed E-state index contributed by atoms with van der Waals surface area (Å²) in [6.45, 7) is 6.60. The van der Waals surface area contributed by atoms with E-state index in [1.807, 2.05) is 18.2 Å². The summed E-state index contributed by atoms with van der Waals surface area (Å²) >= 11 is 0. The van der Waals surface area contributed by atoms with E-state index in [-0.39, 0.29) is 11.2 Å². The van der Waals surface area contributed by atoms with Crippen LogP contribution >= 0.6 is 0 Å². The number of hydrogen-bond donors (Lipinski definition) is 1. The van der Waals surface area contributed by atoms with Gasteiger partial charge in [0.25, 0.3) is 0 Å². The average Bonchev–Trinajstić information content (AvgIpc) is 2.56. The first-order valence-electron chi connectivity index (χ1n) is 8.78. The second-order valence-electron chi connectivity index (χ2n) is 7.67. The average molecular weight is 325 g/mol. The third-order valence-corrected chi connectivity index (χ3v) is 6.41. The monoisotopic (exact) mass is 325 g/mol. The van der Waals surface area contributed by atoms with Crippen LogP contribution in [0.25, 0.3) is 0 Å². The first kappa shape index (κ1) is 15.6. The Labute approximate surface area is 142 Å². The molecule has 1 heterocycles. The van der Waals surface area contributed by atoms with E-state index in [4.69, 9.17) is 0 Å². The summed E-state index contributed by atoms with van der Waals surface area (Å²) in [5.41, 5.74) is 3.98. The lowest BCUT2D eigenvalue weighted by molar-refractivity contribution is 0.0258. The molecule has 3 atom stereocenters. The van der Waals surface area contributed by atoms with E-state index in [0.717, 1.165) is 25.9 Å². The molecule has 2 aromatic carbocycles. The first-order chi connectivity index (χ1) is 11.5. The van der Waals surface area contributed by atoms with Gasteiger partial charge in [0.2, 0.25) is 0 Å². The molecule has 1 fully saturated rings. The Balaban J connectivity index is 1.65. The van der Waals surface area contributed by atoms with Crippen LogP contribution < -0.4 is 0 Å². The number of phenolic OH excluding ortho intramolecular Hbond substituents is 1. The van der Waals surface area contributed by atoms with Crippen LogP contribution in [0, 0.1) is 11.7 Å². The number of hydrogen-bond acceptors (Lipinski definition) is 2. The number of likely N-dealkylation sites (tertiary alicyclic amines) is 1. The molecular formula is C21H24FNO. The predicted octanol–water partition coefficient (Wildman–Crippen LogP) is 4.26. The molecule has 24 heavy (non-hydrogen) atoms. The molecule has 1 aliphatic heterocycles. The molecule has 4 rings (SSSR count). The highest BCUT2D eigenvalue weighted by Crippen LogP contribution is 2.49. The first-order valence-corrected chi connectivity index (χ1v) is 8.78. The number of rotatable bonds is 2. The fourth-order valence-corrected chi connectivity index (χ4v) is 4.72.